The van der Waals surface area contributed by atoms with Crippen molar-refractivity contribution in [2.45, 2.75) is 89.5 Å². The van der Waals surface area contributed by atoms with Gasteiger partial charge in [-0.2, -0.15) is 0 Å². The first kappa shape index (κ1) is 27.6. The van der Waals surface area contributed by atoms with Crippen molar-refractivity contribution in [3.63, 3.8) is 0 Å². The van der Waals surface area contributed by atoms with Crippen LogP contribution in [0.4, 0.5) is 0 Å². The molecule has 4 atom stereocenters. The van der Waals surface area contributed by atoms with E-state index in [4.69, 9.17) is 18.9 Å². The highest BCUT2D eigenvalue weighted by Crippen LogP contribution is 2.32. The molecule has 0 aliphatic carbocycles. The number of rotatable bonds is 13. The Kier molecular flexibility index (Phi) is 10.1. The van der Waals surface area contributed by atoms with Gasteiger partial charge < -0.3 is 29.6 Å². The minimum Gasteiger partial charge on any atom is -0.486 e. The first-order valence-electron chi connectivity index (χ1n) is 13.9. The number of para-hydroxylation sites is 4. The number of fused-ring (bicyclic) bond motifs is 2. The van der Waals surface area contributed by atoms with Gasteiger partial charge in [0.15, 0.2) is 35.2 Å². The number of amides is 2. The van der Waals surface area contributed by atoms with E-state index in [1.165, 1.54) is 0 Å². The van der Waals surface area contributed by atoms with E-state index in [0.29, 0.717) is 26.1 Å². The second-order valence-corrected chi connectivity index (χ2v) is 10.2. The zero-order chi connectivity index (χ0) is 26.7. The lowest BCUT2D eigenvalue weighted by molar-refractivity contribution is -0.123. The summed E-state index contributed by atoms with van der Waals surface area (Å²) in [6.07, 6.45) is 6.45. The van der Waals surface area contributed by atoms with E-state index in [1.54, 1.807) is 0 Å². The van der Waals surface area contributed by atoms with Crippen LogP contribution in [0, 0.1) is 0 Å². The summed E-state index contributed by atoms with van der Waals surface area (Å²) >= 11 is 0. The fraction of sp³-hybridized carbons (Fsp3) is 0.533. The zero-order valence-corrected chi connectivity index (χ0v) is 22.4. The first-order chi connectivity index (χ1) is 18.5. The molecule has 2 aromatic carbocycles. The first-order valence-corrected chi connectivity index (χ1v) is 13.9. The van der Waals surface area contributed by atoms with Crippen molar-refractivity contribution in [3.05, 3.63) is 48.5 Å². The molecule has 0 spiro atoms. The van der Waals surface area contributed by atoms with Gasteiger partial charge >= 0.3 is 0 Å². The van der Waals surface area contributed by atoms with Crippen molar-refractivity contribution >= 4 is 11.8 Å². The van der Waals surface area contributed by atoms with Gasteiger partial charge in [-0.3, -0.25) is 9.59 Å². The van der Waals surface area contributed by atoms with Crippen LogP contribution in [0.15, 0.2) is 48.5 Å². The summed E-state index contributed by atoms with van der Waals surface area (Å²) in [5.74, 6) is 3.01. The standard InChI is InChI=1S/C30H40N2O6/c1-21(27-19-35-23-13-9-11-15-25(23)37-27)31-29(33)17-7-5-3-4-6-8-18-30(34)32-22(2)28-20-36-24-14-10-12-16-26(24)38-28/h9-16,21-22,27-28H,3-8,17-20H2,1-2H3,(H,31,33)(H,32,34)/t21-,22+,27-,28-/m1/s1. The molecule has 2 aliphatic heterocycles. The quantitative estimate of drug-likeness (QED) is 0.366. The van der Waals surface area contributed by atoms with E-state index in [1.807, 2.05) is 62.4 Å². The lowest BCUT2D eigenvalue weighted by Crippen LogP contribution is -2.48. The molecule has 8 heteroatoms. The Morgan fingerprint density at radius 1 is 0.658 bits per heavy atom. The third kappa shape index (κ3) is 8.04. The largest absolute Gasteiger partial charge is 0.486 e. The summed E-state index contributed by atoms with van der Waals surface area (Å²) in [6.45, 7) is 4.75. The molecule has 2 N–H and O–H groups in total. The van der Waals surface area contributed by atoms with Gasteiger partial charge in [-0.15, -0.1) is 0 Å². The van der Waals surface area contributed by atoms with E-state index in [-0.39, 0.29) is 36.1 Å². The normalized spacial score (nSPS) is 19.2. The monoisotopic (exact) mass is 524 g/mol. The summed E-state index contributed by atoms with van der Waals surface area (Å²) in [5.41, 5.74) is 0. The SMILES string of the molecule is C[C@H](NC(=O)CCCCCCCCC(=O)N[C@H](C)[C@H]1COc2ccccc2O1)[C@H]1COc2ccccc2O1. The smallest absolute Gasteiger partial charge is 0.220 e. The number of hydrogen-bond acceptors (Lipinski definition) is 6. The summed E-state index contributed by atoms with van der Waals surface area (Å²) in [5, 5.41) is 6.09. The molecular formula is C30H40N2O6. The molecule has 0 unspecified atom stereocenters. The molecular weight excluding hydrogens is 484 g/mol. The summed E-state index contributed by atoms with van der Waals surface area (Å²) < 4.78 is 23.4. The molecule has 0 saturated carbocycles. The van der Waals surface area contributed by atoms with Crippen LogP contribution in [0.3, 0.4) is 0 Å². The van der Waals surface area contributed by atoms with Crippen LogP contribution in [0.2, 0.25) is 0 Å². The van der Waals surface area contributed by atoms with E-state index in [0.717, 1.165) is 61.5 Å². The number of nitrogens with one attached hydrogen (secondary N) is 2. The van der Waals surface area contributed by atoms with Gasteiger partial charge in [0.25, 0.3) is 0 Å². The van der Waals surface area contributed by atoms with E-state index >= 15 is 0 Å². The molecule has 2 amide bonds. The highest BCUT2D eigenvalue weighted by atomic mass is 16.6. The lowest BCUT2D eigenvalue weighted by atomic mass is 10.1. The zero-order valence-electron chi connectivity index (χ0n) is 22.4. The highest BCUT2D eigenvalue weighted by molar-refractivity contribution is 5.76. The number of carbonyl (C=O) groups is 2. The predicted octanol–water partition coefficient (Wildman–Crippen LogP) is 4.80. The number of carbonyl (C=O) groups excluding carboxylic acids is 2. The van der Waals surface area contributed by atoms with Crippen molar-refractivity contribution in [2.24, 2.45) is 0 Å². The lowest BCUT2D eigenvalue weighted by Gasteiger charge is -2.30. The number of hydrogen-bond donors (Lipinski definition) is 2. The number of benzene rings is 2. The number of unbranched alkanes of at least 4 members (excludes halogenated alkanes) is 5. The van der Waals surface area contributed by atoms with Crippen LogP contribution in [0.5, 0.6) is 23.0 Å². The van der Waals surface area contributed by atoms with E-state index in [9.17, 15) is 9.59 Å². The van der Waals surface area contributed by atoms with Crippen LogP contribution >= 0.6 is 0 Å². The van der Waals surface area contributed by atoms with Crippen molar-refractivity contribution in [1.29, 1.82) is 0 Å². The summed E-state index contributed by atoms with van der Waals surface area (Å²) in [6, 6.07) is 14.9. The third-order valence-electron chi connectivity index (χ3n) is 7.01. The number of ether oxygens (including phenoxy) is 4. The Balaban J connectivity index is 1.000. The molecule has 0 bridgehead atoms. The van der Waals surface area contributed by atoms with Gasteiger partial charge in [-0.1, -0.05) is 49.9 Å². The summed E-state index contributed by atoms with van der Waals surface area (Å²) in [7, 11) is 0. The maximum atomic E-state index is 12.3. The van der Waals surface area contributed by atoms with Gasteiger partial charge in [0.2, 0.25) is 11.8 Å². The van der Waals surface area contributed by atoms with Gasteiger partial charge in [-0.05, 0) is 51.0 Å². The van der Waals surface area contributed by atoms with Crippen molar-refractivity contribution < 1.29 is 28.5 Å². The molecule has 0 fully saturated rings. The Hall–Kier alpha value is -3.42. The summed E-state index contributed by atoms with van der Waals surface area (Å²) in [4.78, 5) is 24.7. The molecule has 2 heterocycles. The van der Waals surface area contributed by atoms with Gasteiger partial charge in [0.1, 0.15) is 13.2 Å². The molecule has 38 heavy (non-hydrogen) atoms. The Morgan fingerprint density at radius 3 is 1.45 bits per heavy atom. The third-order valence-corrected chi connectivity index (χ3v) is 7.01. The molecule has 0 aromatic heterocycles. The molecule has 0 radical (unpaired) electrons. The van der Waals surface area contributed by atoms with Crippen LogP contribution in [-0.4, -0.2) is 49.3 Å². The molecule has 206 valence electrons. The van der Waals surface area contributed by atoms with Crippen molar-refractivity contribution in [2.75, 3.05) is 13.2 Å². The van der Waals surface area contributed by atoms with E-state index in [2.05, 4.69) is 10.6 Å². The maximum Gasteiger partial charge on any atom is 0.220 e. The van der Waals surface area contributed by atoms with Gasteiger partial charge in [-0.25, -0.2) is 0 Å². The highest BCUT2D eigenvalue weighted by Gasteiger charge is 2.28. The van der Waals surface area contributed by atoms with Crippen LogP contribution in [0.1, 0.15) is 65.2 Å². The average molecular weight is 525 g/mol. The molecule has 0 saturated heterocycles. The minimum atomic E-state index is -0.200. The van der Waals surface area contributed by atoms with Crippen molar-refractivity contribution in [1.82, 2.24) is 10.6 Å². The predicted molar refractivity (Wildman–Crippen MR) is 145 cm³/mol. The van der Waals surface area contributed by atoms with Gasteiger partial charge in [0.05, 0.1) is 12.1 Å². The Bertz CT molecular complexity index is 977. The maximum absolute atomic E-state index is 12.3. The van der Waals surface area contributed by atoms with Crippen molar-refractivity contribution in [3.8, 4) is 23.0 Å². The Morgan fingerprint density at radius 2 is 1.03 bits per heavy atom. The topological polar surface area (TPSA) is 95.1 Å². The molecule has 2 aromatic rings. The van der Waals surface area contributed by atoms with Gasteiger partial charge in [0, 0.05) is 12.8 Å². The van der Waals surface area contributed by atoms with Crippen LogP contribution < -0.4 is 29.6 Å². The molecule has 2 aliphatic rings. The second kappa shape index (κ2) is 13.9. The molecule has 4 rings (SSSR count). The molecule has 8 nitrogen and oxygen atoms in total. The van der Waals surface area contributed by atoms with Crippen LogP contribution in [-0.2, 0) is 9.59 Å². The minimum absolute atomic E-state index is 0.0431. The van der Waals surface area contributed by atoms with Crippen LogP contribution in [0.25, 0.3) is 0 Å². The fourth-order valence-electron chi connectivity index (χ4n) is 4.68. The second-order valence-electron chi connectivity index (χ2n) is 10.2. The van der Waals surface area contributed by atoms with E-state index < -0.39 is 0 Å². The fourth-order valence-corrected chi connectivity index (χ4v) is 4.68. The average Bonchev–Trinajstić information content (AvgIpc) is 2.93. The Labute approximate surface area is 225 Å².